The molecule has 0 spiro atoms. The fourth-order valence-corrected chi connectivity index (χ4v) is 3.00. The molecule has 4 nitrogen and oxygen atoms in total. The highest BCUT2D eigenvalue weighted by molar-refractivity contribution is 7.16. The summed E-state index contributed by atoms with van der Waals surface area (Å²) in [5.41, 5.74) is 6.30. The number of anilines is 2. The number of carbonyl (C=O) groups excluding carboxylic acids is 1. The summed E-state index contributed by atoms with van der Waals surface area (Å²) in [5.74, 6) is -0.696. The fourth-order valence-electron chi connectivity index (χ4n) is 1.83. The van der Waals surface area contributed by atoms with Crippen molar-refractivity contribution >= 4 is 40.2 Å². The molecule has 1 aromatic carbocycles. The first-order valence-corrected chi connectivity index (χ1v) is 7.41. The molecule has 0 bridgehead atoms. The maximum atomic E-state index is 13.1. The monoisotopic (exact) mass is 327 g/mol. The van der Waals surface area contributed by atoms with E-state index in [0.29, 0.717) is 12.2 Å². The number of amides is 1. The summed E-state index contributed by atoms with van der Waals surface area (Å²) in [6, 6.07) is 7.61. The van der Waals surface area contributed by atoms with E-state index in [0.717, 1.165) is 9.21 Å². The number of halogens is 2. The van der Waals surface area contributed by atoms with Crippen LogP contribution in [-0.4, -0.2) is 24.4 Å². The maximum absolute atomic E-state index is 13.1. The molecule has 1 amide bonds. The molecule has 0 aliphatic heterocycles. The van der Waals surface area contributed by atoms with Crippen LogP contribution in [0.25, 0.3) is 0 Å². The molecular weight excluding hydrogens is 313 g/mol. The Labute approximate surface area is 131 Å². The molecule has 0 aliphatic rings. The second-order valence-corrected chi connectivity index (χ2v) is 6.46. The van der Waals surface area contributed by atoms with Gasteiger partial charge in [-0.2, -0.15) is 0 Å². The van der Waals surface area contributed by atoms with Crippen molar-refractivity contribution in [2.24, 2.45) is 0 Å². The number of nitrogen functional groups attached to an aromatic ring is 1. The lowest BCUT2D eigenvalue weighted by Gasteiger charge is -2.16. The van der Waals surface area contributed by atoms with Gasteiger partial charge in [-0.1, -0.05) is 11.6 Å². The molecule has 2 rings (SSSR count). The van der Waals surface area contributed by atoms with E-state index in [2.05, 4.69) is 5.32 Å². The van der Waals surface area contributed by atoms with Crippen LogP contribution >= 0.6 is 22.9 Å². The van der Waals surface area contributed by atoms with Crippen LogP contribution in [0.2, 0.25) is 4.34 Å². The van der Waals surface area contributed by atoms with Gasteiger partial charge in [0.1, 0.15) is 5.82 Å². The first-order valence-electron chi connectivity index (χ1n) is 6.21. The summed E-state index contributed by atoms with van der Waals surface area (Å²) in [4.78, 5) is 14.8. The summed E-state index contributed by atoms with van der Waals surface area (Å²) in [5, 5.41) is 2.60. The van der Waals surface area contributed by atoms with Gasteiger partial charge in [-0.25, -0.2) is 4.39 Å². The van der Waals surface area contributed by atoms with E-state index < -0.39 is 5.82 Å². The Bertz CT molecular complexity index is 647. The van der Waals surface area contributed by atoms with Gasteiger partial charge in [0.05, 0.1) is 22.3 Å². The molecule has 0 unspecified atom stereocenters. The third kappa shape index (κ3) is 4.70. The second-order valence-electron chi connectivity index (χ2n) is 4.66. The predicted octanol–water partition coefficient (Wildman–Crippen LogP) is 3.19. The number of likely N-dealkylation sites (N-methyl/N-ethyl adjacent to an activating group) is 1. The molecule has 2 aromatic rings. The number of hydrogen-bond acceptors (Lipinski definition) is 4. The minimum atomic E-state index is -0.443. The van der Waals surface area contributed by atoms with Crippen molar-refractivity contribution in [3.05, 3.63) is 45.4 Å². The highest BCUT2D eigenvalue weighted by atomic mass is 35.5. The molecule has 0 saturated heterocycles. The van der Waals surface area contributed by atoms with E-state index in [4.69, 9.17) is 17.3 Å². The van der Waals surface area contributed by atoms with Crippen LogP contribution in [-0.2, 0) is 11.3 Å². The Morgan fingerprint density at radius 3 is 2.86 bits per heavy atom. The Kier molecular flexibility index (Phi) is 5.17. The molecule has 1 heterocycles. The number of nitrogens with two attached hydrogens (primary N) is 1. The lowest BCUT2D eigenvalue weighted by atomic mass is 10.2. The van der Waals surface area contributed by atoms with E-state index >= 15 is 0 Å². The topological polar surface area (TPSA) is 58.4 Å². The average Bonchev–Trinajstić information content (AvgIpc) is 2.79. The standard InChI is InChI=1S/C14H15ClFN3OS/c1-19(7-10-3-5-13(15)21-10)8-14(20)18-12-6-9(16)2-4-11(12)17/h2-6H,7-8,17H2,1H3,(H,18,20). The average molecular weight is 328 g/mol. The lowest BCUT2D eigenvalue weighted by molar-refractivity contribution is -0.117. The van der Waals surface area contributed by atoms with E-state index in [1.807, 2.05) is 24.1 Å². The molecule has 1 aromatic heterocycles. The SMILES string of the molecule is CN(CC(=O)Nc1cc(F)ccc1N)Cc1ccc(Cl)s1. The van der Waals surface area contributed by atoms with Crippen LogP contribution < -0.4 is 11.1 Å². The van der Waals surface area contributed by atoms with Crippen molar-refractivity contribution in [1.29, 1.82) is 0 Å². The largest absolute Gasteiger partial charge is 0.397 e. The first-order chi connectivity index (χ1) is 9.94. The van der Waals surface area contributed by atoms with Gasteiger partial charge >= 0.3 is 0 Å². The van der Waals surface area contributed by atoms with Crippen LogP contribution in [0.4, 0.5) is 15.8 Å². The zero-order valence-electron chi connectivity index (χ0n) is 11.4. The zero-order chi connectivity index (χ0) is 15.4. The molecule has 112 valence electrons. The van der Waals surface area contributed by atoms with Gasteiger partial charge < -0.3 is 11.1 Å². The Balaban J connectivity index is 1.90. The van der Waals surface area contributed by atoms with Crippen molar-refractivity contribution in [2.75, 3.05) is 24.6 Å². The minimum absolute atomic E-state index is 0.172. The third-order valence-electron chi connectivity index (χ3n) is 2.76. The van der Waals surface area contributed by atoms with E-state index in [-0.39, 0.29) is 18.1 Å². The fraction of sp³-hybridized carbons (Fsp3) is 0.214. The number of nitrogens with one attached hydrogen (secondary N) is 1. The Morgan fingerprint density at radius 1 is 1.43 bits per heavy atom. The molecular formula is C14H15ClFN3OS. The van der Waals surface area contributed by atoms with Crippen LogP contribution in [0.15, 0.2) is 30.3 Å². The summed E-state index contributed by atoms with van der Waals surface area (Å²) in [6.45, 7) is 0.787. The van der Waals surface area contributed by atoms with Gasteiger partial charge in [0.25, 0.3) is 0 Å². The van der Waals surface area contributed by atoms with Crippen molar-refractivity contribution in [2.45, 2.75) is 6.54 Å². The van der Waals surface area contributed by atoms with Gasteiger partial charge in [-0.05, 0) is 37.4 Å². The quantitative estimate of drug-likeness (QED) is 0.829. The van der Waals surface area contributed by atoms with Gasteiger partial charge in [0.15, 0.2) is 0 Å². The Morgan fingerprint density at radius 2 is 2.19 bits per heavy atom. The molecule has 7 heteroatoms. The molecule has 0 saturated carbocycles. The summed E-state index contributed by atoms with van der Waals surface area (Å²) in [7, 11) is 1.82. The number of rotatable bonds is 5. The molecule has 0 atom stereocenters. The van der Waals surface area contributed by atoms with Gasteiger partial charge in [-0.3, -0.25) is 9.69 Å². The summed E-state index contributed by atoms with van der Waals surface area (Å²) >= 11 is 7.33. The Hall–Kier alpha value is -1.63. The molecule has 0 fully saturated rings. The lowest BCUT2D eigenvalue weighted by Crippen LogP contribution is -2.29. The van der Waals surface area contributed by atoms with Crippen molar-refractivity contribution in [3.8, 4) is 0 Å². The molecule has 3 N–H and O–H groups in total. The first kappa shape index (κ1) is 15.8. The van der Waals surface area contributed by atoms with Crippen LogP contribution in [0.3, 0.4) is 0 Å². The van der Waals surface area contributed by atoms with Gasteiger partial charge in [-0.15, -0.1) is 11.3 Å². The number of carbonyl (C=O) groups is 1. The smallest absolute Gasteiger partial charge is 0.238 e. The molecule has 21 heavy (non-hydrogen) atoms. The number of nitrogens with zero attached hydrogens (tertiary/aromatic N) is 1. The molecule has 0 radical (unpaired) electrons. The summed E-state index contributed by atoms with van der Waals surface area (Å²) in [6.07, 6.45) is 0. The van der Waals surface area contributed by atoms with E-state index in [1.54, 1.807) is 0 Å². The summed E-state index contributed by atoms with van der Waals surface area (Å²) < 4.78 is 13.8. The maximum Gasteiger partial charge on any atom is 0.238 e. The number of thiophene rings is 1. The van der Waals surface area contributed by atoms with Gasteiger partial charge in [0.2, 0.25) is 5.91 Å². The number of hydrogen-bond donors (Lipinski definition) is 2. The van der Waals surface area contributed by atoms with Gasteiger partial charge in [0, 0.05) is 11.4 Å². The minimum Gasteiger partial charge on any atom is -0.397 e. The van der Waals surface area contributed by atoms with E-state index in [1.165, 1.54) is 29.5 Å². The van der Waals surface area contributed by atoms with Crippen LogP contribution in [0.1, 0.15) is 4.88 Å². The van der Waals surface area contributed by atoms with Crippen LogP contribution in [0, 0.1) is 5.82 Å². The predicted molar refractivity (Wildman–Crippen MR) is 85.1 cm³/mol. The van der Waals surface area contributed by atoms with E-state index in [9.17, 15) is 9.18 Å². The molecule has 0 aliphatic carbocycles. The second kappa shape index (κ2) is 6.89. The van der Waals surface area contributed by atoms with Crippen molar-refractivity contribution in [3.63, 3.8) is 0 Å². The highest BCUT2D eigenvalue weighted by Crippen LogP contribution is 2.22. The third-order valence-corrected chi connectivity index (χ3v) is 3.97. The van der Waals surface area contributed by atoms with Crippen molar-refractivity contribution in [1.82, 2.24) is 4.90 Å². The number of benzene rings is 1. The van der Waals surface area contributed by atoms with Crippen LogP contribution in [0.5, 0.6) is 0 Å². The zero-order valence-corrected chi connectivity index (χ0v) is 13.0. The van der Waals surface area contributed by atoms with Crippen molar-refractivity contribution < 1.29 is 9.18 Å². The highest BCUT2D eigenvalue weighted by Gasteiger charge is 2.10. The normalized spacial score (nSPS) is 10.9.